The van der Waals surface area contributed by atoms with Crippen molar-refractivity contribution in [2.75, 3.05) is 13.1 Å². The van der Waals surface area contributed by atoms with Crippen LogP contribution < -0.4 is 10.0 Å². The number of aliphatic hydroxyl groups excluding tert-OH is 2. The molecule has 3 unspecified atom stereocenters. The number of hydrogen-bond acceptors (Lipinski definition) is 6. The smallest absolute Gasteiger partial charge is 0.220 e. The van der Waals surface area contributed by atoms with Crippen molar-refractivity contribution in [3.05, 3.63) is 46.7 Å². The highest BCUT2D eigenvalue weighted by atomic mass is 32.2. The van der Waals surface area contributed by atoms with E-state index in [-0.39, 0.29) is 17.2 Å². The SMILES string of the molecule is CC/C=C1\C(=C/CNC(=O)CCCCN[S+]([O-])C(C)(C)C)C(O)N(C2=CC=C(C)CC2)C1O. The molecule has 0 saturated carbocycles. The molecule has 2 rings (SSSR count). The van der Waals surface area contributed by atoms with E-state index < -0.39 is 23.8 Å². The van der Waals surface area contributed by atoms with E-state index in [1.807, 2.05) is 45.9 Å². The summed E-state index contributed by atoms with van der Waals surface area (Å²) in [7, 11) is 0. The maximum Gasteiger partial charge on any atom is 0.220 e. The van der Waals surface area contributed by atoms with Crippen molar-refractivity contribution >= 4 is 17.3 Å². The monoisotopic (exact) mass is 479 g/mol. The fourth-order valence-electron chi connectivity index (χ4n) is 3.81. The summed E-state index contributed by atoms with van der Waals surface area (Å²) in [6.45, 7) is 10.7. The molecule has 3 atom stereocenters. The van der Waals surface area contributed by atoms with Gasteiger partial charge in [0.2, 0.25) is 5.91 Å². The highest BCUT2D eigenvalue weighted by molar-refractivity contribution is 7.90. The van der Waals surface area contributed by atoms with Gasteiger partial charge >= 0.3 is 0 Å². The molecule has 186 valence electrons. The molecule has 0 spiro atoms. The van der Waals surface area contributed by atoms with Gasteiger partial charge in [-0.15, -0.1) is 4.72 Å². The third kappa shape index (κ3) is 8.00. The summed E-state index contributed by atoms with van der Waals surface area (Å²) in [5.74, 6) is -0.0645. The zero-order chi connectivity index (χ0) is 24.6. The van der Waals surface area contributed by atoms with Crippen molar-refractivity contribution in [2.24, 2.45) is 0 Å². The van der Waals surface area contributed by atoms with E-state index in [2.05, 4.69) is 17.0 Å². The first-order valence-electron chi connectivity index (χ1n) is 11.9. The third-order valence-corrected chi connectivity index (χ3v) is 7.33. The number of likely N-dealkylation sites (tertiary alicyclic amines) is 1. The number of rotatable bonds is 10. The Morgan fingerprint density at radius 1 is 1.18 bits per heavy atom. The van der Waals surface area contributed by atoms with Crippen LogP contribution in [0.15, 0.2) is 46.7 Å². The van der Waals surface area contributed by atoms with Gasteiger partial charge in [0.15, 0.2) is 12.5 Å². The van der Waals surface area contributed by atoms with Gasteiger partial charge in [0.25, 0.3) is 0 Å². The predicted octanol–water partition coefficient (Wildman–Crippen LogP) is 3.16. The molecule has 1 aliphatic carbocycles. The Bertz CT molecular complexity index is 798. The Kier molecular flexibility index (Phi) is 10.7. The summed E-state index contributed by atoms with van der Waals surface area (Å²) in [6.07, 6.45) is 10.2. The molecule has 1 saturated heterocycles. The van der Waals surface area contributed by atoms with Crippen LogP contribution in [-0.4, -0.2) is 55.9 Å². The summed E-state index contributed by atoms with van der Waals surface area (Å²) in [6, 6.07) is 0. The quantitative estimate of drug-likeness (QED) is 0.283. The summed E-state index contributed by atoms with van der Waals surface area (Å²) in [5, 5.41) is 24.7. The molecule has 4 N–H and O–H groups in total. The minimum absolute atomic E-state index is 0.0645. The normalized spacial score (nSPS) is 24.8. The lowest BCUT2D eigenvalue weighted by Crippen LogP contribution is -2.39. The van der Waals surface area contributed by atoms with Crippen LogP contribution in [0.3, 0.4) is 0 Å². The number of nitrogens with one attached hydrogen (secondary N) is 2. The first-order chi connectivity index (χ1) is 15.6. The Morgan fingerprint density at radius 2 is 1.85 bits per heavy atom. The van der Waals surface area contributed by atoms with Crippen LogP contribution in [0.25, 0.3) is 0 Å². The molecular formula is C25H41N3O4S. The van der Waals surface area contributed by atoms with Crippen molar-refractivity contribution in [2.45, 2.75) is 90.3 Å². The molecule has 1 fully saturated rings. The average molecular weight is 480 g/mol. The van der Waals surface area contributed by atoms with E-state index in [0.29, 0.717) is 30.5 Å². The van der Waals surface area contributed by atoms with E-state index in [0.717, 1.165) is 31.4 Å². The second kappa shape index (κ2) is 12.8. The summed E-state index contributed by atoms with van der Waals surface area (Å²) in [5.41, 5.74) is 3.54. The van der Waals surface area contributed by atoms with Crippen molar-refractivity contribution in [1.82, 2.24) is 14.9 Å². The molecule has 1 aliphatic heterocycles. The number of aliphatic hydroxyl groups is 2. The fraction of sp³-hybridized carbons (Fsp3) is 0.640. The van der Waals surface area contributed by atoms with Crippen molar-refractivity contribution in [3.63, 3.8) is 0 Å². The Morgan fingerprint density at radius 3 is 2.42 bits per heavy atom. The number of carbonyl (C=O) groups is 1. The second-order valence-corrected chi connectivity index (χ2v) is 11.6. The van der Waals surface area contributed by atoms with Gasteiger partial charge in [-0.25, -0.2) is 0 Å². The minimum Gasteiger partial charge on any atom is -0.598 e. The lowest BCUT2D eigenvalue weighted by molar-refractivity contribution is -0.121. The summed E-state index contributed by atoms with van der Waals surface area (Å²) >= 11 is -1.10. The van der Waals surface area contributed by atoms with Gasteiger partial charge in [-0.1, -0.05) is 30.7 Å². The molecule has 1 heterocycles. The Labute approximate surface area is 202 Å². The van der Waals surface area contributed by atoms with Gasteiger partial charge in [0, 0.05) is 47.7 Å². The molecule has 0 bridgehead atoms. The largest absolute Gasteiger partial charge is 0.598 e. The number of unbranched alkanes of at least 4 members (excludes halogenated alkanes) is 1. The molecule has 2 aliphatic rings. The minimum atomic E-state index is -1.10. The van der Waals surface area contributed by atoms with Crippen molar-refractivity contribution in [3.8, 4) is 0 Å². The van der Waals surface area contributed by atoms with E-state index in [1.165, 1.54) is 5.57 Å². The van der Waals surface area contributed by atoms with E-state index in [4.69, 9.17) is 0 Å². The maximum atomic E-state index is 12.2. The standard InChI is InChI=1S/C25H41N3O4S/c1-6-9-20-21(24(31)28(23(20)30)19-13-11-18(2)12-14-19)15-17-26-22(29)10-7-8-16-27-33(32)25(3,4)5/h9,11,13,15,23-24,27,30-31H,6-8,10,12,14,16-17H2,1-5H3,(H,26,29)/b20-9+,21-15+. The highest BCUT2D eigenvalue weighted by Gasteiger charge is 2.40. The van der Waals surface area contributed by atoms with Gasteiger partial charge in [-0.2, -0.15) is 0 Å². The Hall–Kier alpha value is -1.58. The molecule has 7 nitrogen and oxygen atoms in total. The van der Waals surface area contributed by atoms with E-state index in [9.17, 15) is 19.6 Å². The van der Waals surface area contributed by atoms with Crippen molar-refractivity contribution in [1.29, 1.82) is 0 Å². The van der Waals surface area contributed by atoms with Crippen LogP contribution in [0, 0.1) is 0 Å². The molecule has 8 heteroatoms. The predicted molar refractivity (Wildman–Crippen MR) is 134 cm³/mol. The van der Waals surface area contributed by atoms with Crippen LogP contribution in [0.2, 0.25) is 0 Å². The van der Waals surface area contributed by atoms with Gasteiger partial charge in [-0.05, 0) is 65.9 Å². The summed E-state index contributed by atoms with van der Waals surface area (Å²) in [4.78, 5) is 13.9. The maximum absolute atomic E-state index is 12.2. The lowest BCUT2D eigenvalue weighted by Gasteiger charge is -2.30. The zero-order valence-corrected chi connectivity index (χ0v) is 21.5. The van der Waals surface area contributed by atoms with Crippen molar-refractivity contribution < 1.29 is 19.6 Å². The topological polar surface area (TPSA) is 108 Å². The number of allylic oxidation sites excluding steroid dienone is 5. The van der Waals surface area contributed by atoms with Gasteiger partial charge in [0.05, 0.1) is 0 Å². The van der Waals surface area contributed by atoms with Crippen LogP contribution in [-0.2, 0) is 16.2 Å². The molecular weight excluding hydrogens is 438 g/mol. The number of nitrogens with zero attached hydrogens (tertiary/aromatic N) is 1. The zero-order valence-electron chi connectivity index (χ0n) is 20.7. The number of carbonyl (C=O) groups excluding carboxylic acids is 1. The lowest BCUT2D eigenvalue weighted by atomic mass is 10.0. The molecule has 0 aromatic rings. The highest BCUT2D eigenvalue weighted by Crippen LogP contribution is 2.37. The molecule has 0 aromatic heterocycles. The van der Waals surface area contributed by atoms with Crippen LogP contribution in [0.4, 0.5) is 0 Å². The fourth-order valence-corrected chi connectivity index (χ4v) is 4.58. The number of amides is 1. The molecule has 1 amide bonds. The van der Waals surface area contributed by atoms with E-state index >= 15 is 0 Å². The summed E-state index contributed by atoms with van der Waals surface area (Å²) < 4.78 is 14.6. The van der Waals surface area contributed by atoms with Crippen LogP contribution in [0.5, 0.6) is 0 Å². The third-order valence-electron chi connectivity index (χ3n) is 5.75. The first-order valence-corrected chi connectivity index (χ1v) is 13.0. The van der Waals surface area contributed by atoms with Crippen LogP contribution in [0.1, 0.15) is 73.1 Å². The molecule has 0 aromatic carbocycles. The number of hydrogen-bond donors (Lipinski definition) is 4. The van der Waals surface area contributed by atoms with Gasteiger partial charge in [-0.3, -0.25) is 4.79 Å². The molecule has 33 heavy (non-hydrogen) atoms. The van der Waals surface area contributed by atoms with Crippen LogP contribution >= 0.6 is 0 Å². The van der Waals surface area contributed by atoms with Gasteiger partial charge < -0.3 is 25.0 Å². The molecule has 0 radical (unpaired) electrons. The Balaban J connectivity index is 1.87. The van der Waals surface area contributed by atoms with E-state index in [1.54, 1.807) is 11.0 Å². The second-order valence-electron chi connectivity index (χ2n) is 9.59. The average Bonchev–Trinajstić information content (AvgIpc) is 2.97. The van der Waals surface area contributed by atoms with Gasteiger partial charge in [0.1, 0.15) is 4.75 Å². The first kappa shape index (κ1) is 27.7.